The van der Waals surface area contributed by atoms with Gasteiger partial charge in [-0.1, -0.05) is 24.3 Å². The molecule has 31 heavy (non-hydrogen) atoms. The van der Waals surface area contributed by atoms with Crippen molar-refractivity contribution < 1.29 is 27.5 Å². The van der Waals surface area contributed by atoms with Crippen LogP contribution < -0.4 is 0 Å². The van der Waals surface area contributed by atoms with Gasteiger partial charge in [-0.2, -0.15) is 4.31 Å². The van der Waals surface area contributed by atoms with Gasteiger partial charge < -0.3 is 9.64 Å². The van der Waals surface area contributed by atoms with Crippen molar-refractivity contribution in [2.75, 3.05) is 26.2 Å². The van der Waals surface area contributed by atoms with Gasteiger partial charge in [0, 0.05) is 25.2 Å². The zero-order valence-corrected chi connectivity index (χ0v) is 19.1. The van der Waals surface area contributed by atoms with Crippen LogP contribution in [0.1, 0.15) is 50.4 Å². The molecule has 0 aromatic heterocycles. The number of Topliss-reactive ketones (excluding diaryl/α,β-unsaturated/α-hetero) is 1. The topological polar surface area (TPSA) is 101 Å². The summed E-state index contributed by atoms with van der Waals surface area (Å²) in [4.78, 5) is 38.0. The third-order valence-electron chi connectivity index (χ3n) is 5.13. The molecule has 1 heterocycles. The number of carbonyl (C=O) groups excluding carboxylic acids is 3. The van der Waals surface area contributed by atoms with E-state index < -0.39 is 28.6 Å². The Morgan fingerprint density at radius 2 is 1.81 bits per heavy atom. The lowest BCUT2D eigenvalue weighted by atomic mass is 10.1. The van der Waals surface area contributed by atoms with E-state index in [4.69, 9.17) is 4.74 Å². The molecule has 0 saturated carbocycles. The van der Waals surface area contributed by atoms with Gasteiger partial charge in [0.1, 0.15) is 6.04 Å². The summed E-state index contributed by atoms with van der Waals surface area (Å²) in [5.41, 5.74) is 1.21. The van der Waals surface area contributed by atoms with Crippen molar-refractivity contribution >= 4 is 27.7 Å². The van der Waals surface area contributed by atoms with E-state index in [9.17, 15) is 22.8 Å². The SMILES string of the molecule is C=C(C)CN(CC)C(=O)COC(=O)C1CCCCN1S(=O)(=O)c1ccc(C(C)=O)cc1. The first-order chi connectivity index (χ1) is 14.6. The van der Waals surface area contributed by atoms with Gasteiger partial charge in [-0.3, -0.25) is 14.4 Å². The third-order valence-corrected chi connectivity index (χ3v) is 7.05. The number of esters is 1. The number of likely N-dealkylation sites (N-methyl/N-ethyl adjacent to an activating group) is 1. The summed E-state index contributed by atoms with van der Waals surface area (Å²) in [6.07, 6.45) is 1.62. The Hall–Kier alpha value is -2.52. The van der Waals surface area contributed by atoms with Gasteiger partial charge >= 0.3 is 5.97 Å². The van der Waals surface area contributed by atoms with E-state index in [1.54, 1.807) is 6.92 Å². The lowest BCUT2D eigenvalue weighted by Gasteiger charge is -2.33. The van der Waals surface area contributed by atoms with Crippen molar-refractivity contribution in [3.05, 3.63) is 42.0 Å². The van der Waals surface area contributed by atoms with Crippen LogP contribution >= 0.6 is 0 Å². The first-order valence-corrected chi connectivity index (χ1v) is 11.7. The van der Waals surface area contributed by atoms with Crippen LogP contribution in [0, 0.1) is 0 Å². The standard InChI is InChI=1S/C22H30N2O6S/c1-5-23(14-16(2)3)21(26)15-30-22(27)20-8-6-7-13-24(20)31(28,29)19-11-9-18(10-12-19)17(4)25/h9-12,20H,2,5-8,13-15H2,1,3-4H3. The van der Waals surface area contributed by atoms with Crippen LogP contribution in [-0.4, -0.2) is 67.6 Å². The number of sulfonamides is 1. The highest BCUT2D eigenvalue weighted by molar-refractivity contribution is 7.89. The summed E-state index contributed by atoms with van der Waals surface area (Å²) in [6.45, 7) is 9.35. The Morgan fingerprint density at radius 1 is 1.16 bits per heavy atom. The van der Waals surface area contributed by atoms with Gasteiger partial charge in [-0.15, -0.1) is 0 Å². The first kappa shape index (κ1) is 24.7. The maximum atomic E-state index is 13.1. The van der Waals surface area contributed by atoms with Crippen molar-refractivity contribution in [1.29, 1.82) is 0 Å². The van der Waals surface area contributed by atoms with Gasteiger partial charge in [0.2, 0.25) is 10.0 Å². The maximum Gasteiger partial charge on any atom is 0.324 e. The normalized spacial score (nSPS) is 17.1. The molecule has 1 unspecified atom stereocenters. The first-order valence-electron chi connectivity index (χ1n) is 10.3. The lowest BCUT2D eigenvalue weighted by Crippen LogP contribution is -2.49. The number of ketones is 1. The van der Waals surface area contributed by atoms with Crippen LogP contribution in [-0.2, 0) is 24.3 Å². The minimum absolute atomic E-state index is 0.00638. The number of hydrogen-bond donors (Lipinski definition) is 0. The number of nitrogens with zero attached hydrogens (tertiary/aromatic N) is 2. The number of carbonyl (C=O) groups is 3. The highest BCUT2D eigenvalue weighted by Crippen LogP contribution is 2.26. The Labute approximate surface area is 183 Å². The molecule has 1 saturated heterocycles. The second-order valence-electron chi connectivity index (χ2n) is 7.68. The summed E-state index contributed by atoms with van der Waals surface area (Å²) in [5, 5.41) is 0. The fourth-order valence-corrected chi connectivity index (χ4v) is 5.09. The predicted octanol–water partition coefficient (Wildman–Crippen LogP) is 2.40. The maximum absolute atomic E-state index is 13.1. The van der Waals surface area contributed by atoms with Crippen LogP contribution in [0.2, 0.25) is 0 Å². The largest absolute Gasteiger partial charge is 0.454 e. The summed E-state index contributed by atoms with van der Waals surface area (Å²) in [7, 11) is -3.96. The van der Waals surface area contributed by atoms with E-state index in [2.05, 4.69) is 6.58 Å². The molecule has 0 aliphatic carbocycles. The molecule has 1 aliphatic rings. The average Bonchev–Trinajstić information content (AvgIpc) is 2.75. The smallest absolute Gasteiger partial charge is 0.324 e. The molecule has 9 heteroatoms. The van der Waals surface area contributed by atoms with Crippen molar-refractivity contribution in [3.63, 3.8) is 0 Å². The molecule has 1 fully saturated rings. The zero-order valence-electron chi connectivity index (χ0n) is 18.3. The fourth-order valence-electron chi connectivity index (χ4n) is 3.45. The molecular formula is C22H30N2O6S. The molecular weight excluding hydrogens is 420 g/mol. The highest BCUT2D eigenvalue weighted by Gasteiger charge is 2.38. The number of piperidine rings is 1. The molecule has 170 valence electrons. The van der Waals surface area contributed by atoms with E-state index in [-0.39, 0.29) is 23.1 Å². The minimum Gasteiger partial charge on any atom is -0.454 e. The summed E-state index contributed by atoms with van der Waals surface area (Å²) >= 11 is 0. The van der Waals surface area contributed by atoms with Crippen molar-refractivity contribution in [2.45, 2.75) is 51.0 Å². The molecule has 1 atom stereocenters. The Balaban J connectivity index is 2.13. The number of benzene rings is 1. The molecule has 0 spiro atoms. The molecule has 1 amide bonds. The van der Waals surface area contributed by atoms with Gasteiger partial charge in [0.05, 0.1) is 4.90 Å². The molecule has 1 aromatic rings. The van der Waals surface area contributed by atoms with Crippen LogP contribution in [0.4, 0.5) is 0 Å². The fraction of sp³-hybridized carbons (Fsp3) is 0.500. The number of ether oxygens (including phenoxy) is 1. The van der Waals surface area contributed by atoms with Crippen LogP contribution in [0.25, 0.3) is 0 Å². The van der Waals surface area contributed by atoms with Crippen LogP contribution in [0.3, 0.4) is 0 Å². The summed E-state index contributed by atoms with van der Waals surface area (Å²) in [6, 6.07) is 4.64. The predicted molar refractivity (Wildman–Crippen MR) is 116 cm³/mol. The molecule has 1 aliphatic heterocycles. The van der Waals surface area contributed by atoms with E-state index in [0.29, 0.717) is 37.9 Å². The highest BCUT2D eigenvalue weighted by atomic mass is 32.2. The molecule has 0 N–H and O–H groups in total. The quantitative estimate of drug-likeness (QED) is 0.325. The third kappa shape index (κ3) is 6.24. The van der Waals surface area contributed by atoms with E-state index in [1.165, 1.54) is 36.1 Å². The van der Waals surface area contributed by atoms with E-state index in [0.717, 1.165) is 9.88 Å². The number of rotatable bonds is 9. The number of hydrogen-bond acceptors (Lipinski definition) is 6. The molecule has 8 nitrogen and oxygen atoms in total. The molecule has 0 radical (unpaired) electrons. The molecule has 0 bridgehead atoms. The molecule has 1 aromatic carbocycles. The van der Waals surface area contributed by atoms with Crippen molar-refractivity contribution in [3.8, 4) is 0 Å². The molecule has 2 rings (SSSR count). The Bertz CT molecular complexity index is 939. The van der Waals surface area contributed by atoms with Gasteiger partial charge in [0.25, 0.3) is 5.91 Å². The van der Waals surface area contributed by atoms with Crippen LogP contribution in [0.15, 0.2) is 41.3 Å². The van der Waals surface area contributed by atoms with Crippen molar-refractivity contribution in [1.82, 2.24) is 9.21 Å². The Kier molecular flexibility index (Phi) is 8.52. The van der Waals surface area contributed by atoms with E-state index in [1.807, 2.05) is 6.92 Å². The van der Waals surface area contributed by atoms with E-state index >= 15 is 0 Å². The second kappa shape index (κ2) is 10.7. The average molecular weight is 451 g/mol. The van der Waals surface area contributed by atoms with Gasteiger partial charge in [-0.05, 0) is 52.2 Å². The second-order valence-corrected chi connectivity index (χ2v) is 9.57. The zero-order chi connectivity index (χ0) is 23.2. The van der Waals surface area contributed by atoms with Crippen LogP contribution in [0.5, 0.6) is 0 Å². The summed E-state index contributed by atoms with van der Waals surface area (Å²) < 4.78 is 32.6. The Morgan fingerprint density at radius 3 is 2.35 bits per heavy atom. The number of amides is 1. The van der Waals surface area contributed by atoms with Gasteiger partial charge in [0.15, 0.2) is 12.4 Å². The monoisotopic (exact) mass is 450 g/mol. The van der Waals surface area contributed by atoms with Crippen molar-refractivity contribution in [2.24, 2.45) is 0 Å². The van der Waals surface area contributed by atoms with Gasteiger partial charge in [-0.25, -0.2) is 8.42 Å². The summed E-state index contributed by atoms with van der Waals surface area (Å²) in [5.74, 6) is -1.26. The minimum atomic E-state index is -3.96. The lowest BCUT2D eigenvalue weighted by molar-refractivity contribution is -0.155.